The Morgan fingerprint density at radius 3 is 2.82 bits per heavy atom. The van der Waals surface area contributed by atoms with Gasteiger partial charge in [0, 0.05) is 6.07 Å². The molecular weight excluding hydrogens is 362 g/mol. The molecule has 0 saturated heterocycles. The van der Waals surface area contributed by atoms with E-state index in [1.165, 1.54) is 6.20 Å². The van der Waals surface area contributed by atoms with Crippen molar-refractivity contribution in [3.8, 4) is 23.4 Å². The summed E-state index contributed by atoms with van der Waals surface area (Å²) in [5.41, 5.74) is 0.557. The van der Waals surface area contributed by atoms with Crippen molar-refractivity contribution in [1.82, 2.24) is 9.97 Å². The Bertz CT molecular complexity index is 881. The normalized spacial score (nSPS) is 14.5. The van der Waals surface area contributed by atoms with Crippen LogP contribution < -0.4 is 24.8 Å². The maximum atomic E-state index is 12.4. The fraction of sp³-hybridized carbons (Fsp3) is 0.368. The van der Waals surface area contributed by atoms with Gasteiger partial charge in [-0.2, -0.15) is 10.2 Å². The Hall–Kier alpha value is -3.54. The van der Waals surface area contributed by atoms with Crippen LogP contribution in [0.4, 0.5) is 16.3 Å². The van der Waals surface area contributed by atoms with Crippen LogP contribution in [0.5, 0.6) is 17.4 Å². The van der Waals surface area contributed by atoms with Crippen LogP contribution in [0, 0.1) is 11.3 Å². The van der Waals surface area contributed by atoms with Gasteiger partial charge in [-0.1, -0.05) is 0 Å². The number of carbonyl (C=O) groups is 1. The van der Waals surface area contributed by atoms with Crippen LogP contribution in [-0.2, 0) is 0 Å². The van der Waals surface area contributed by atoms with Gasteiger partial charge in [0.15, 0.2) is 5.82 Å². The van der Waals surface area contributed by atoms with Gasteiger partial charge in [0.05, 0.1) is 31.7 Å². The highest BCUT2D eigenvalue weighted by Crippen LogP contribution is 2.30. The van der Waals surface area contributed by atoms with Gasteiger partial charge in [-0.15, -0.1) is 0 Å². The van der Waals surface area contributed by atoms with Gasteiger partial charge in [-0.25, -0.2) is 9.78 Å². The van der Waals surface area contributed by atoms with Crippen molar-refractivity contribution in [3.05, 3.63) is 30.1 Å². The predicted octanol–water partition coefficient (Wildman–Crippen LogP) is 3.33. The molecular formula is C19H21N5O4. The molecule has 1 aliphatic rings. The molecule has 0 unspecified atom stereocenters. The minimum Gasteiger partial charge on any atom is -0.494 e. The number of rotatable bonds is 2. The zero-order valence-corrected chi connectivity index (χ0v) is 15.5. The average molecular weight is 383 g/mol. The molecule has 2 bridgehead atoms. The summed E-state index contributed by atoms with van der Waals surface area (Å²) < 4.78 is 16.9. The second kappa shape index (κ2) is 9.41. The third-order valence-corrected chi connectivity index (χ3v) is 3.88. The summed E-state index contributed by atoms with van der Waals surface area (Å²) in [6, 6.07) is 6.67. The highest BCUT2D eigenvalue weighted by molar-refractivity contribution is 6.00. The van der Waals surface area contributed by atoms with E-state index in [-0.39, 0.29) is 17.4 Å². The Morgan fingerprint density at radius 1 is 1.21 bits per heavy atom. The van der Waals surface area contributed by atoms with E-state index in [4.69, 9.17) is 19.5 Å². The van der Waals surface area contributed by atoms with Crippen LogP contribution in [-0.4, -0.2) is 35.8 Å². The SMILES string of the molecule is CCOc1ccc2c(c1)NC(=O)Nc1cnc(C#N)c(n1)OCCCCCO2. The number of benzene rings is 1. The van der Waals surface area contributed by atoms with Gasteiger partial charge >= 0.3 is 6.03 Å². The minimum absolute atomic E-state index is 0.0744. The topological polar surface area (TPSA) is 118 Å². The second-order valence-electron chi connectivity index (χ2n) is 5.95. The molecule has 0 radical (unpaired) electrons. The van der Waals surface area contributed by atoms with Crippen molar-refractivity contribution >= 4 is 17.5 Å². The molecule has 146 valence electrons. The molecule has 0 spiro atoms. The molecule has 0 saturated carbocycles. The summed E-state index contributed by atoms with van der Waals surface area (Å²) in [6.45, 7) is 3.29. The molecule has 0 fully saturated rings. The lowest BCUT2D eigenvalue weighted by Gasteiger charge is -2.14. The zero-order chi connectivity index (χ0) is 19.8. The summed E-state index contributed by atoms with van der Waals surface area (Å²) in [5, 5.41) is 14.5. The summed E-state index contributed by atoms with van der Waals surface area (Å²) in [4.78, 5) is 20.6. The third-order valence-electron chi connectivity index (χ3n) is 3.88. The van der Waals surface area contributed by atoms with Crippen LogP contribution >= 0.6 is 0 Å². The van der Waals surface area contributed by atoms with Crippen molar-refractivity contribution in [2.75, 3.05) is 30.5 Å². The largest absolute Gasteiger partial charge is 0.494 e. The van der Waals surface area contributed by atoms with Crippen LogP contribution in [0.2, 0.25) is 0 Å². The van der Waals surface area contributed by atoms with E-state index in [0.717, 1.165) is 19.3 Å². The number of carbonyl (C=O) groups excluding carboxylic acids is 1. The molecule has 2 aromatic rings. The molecule has 0 atom stereocenters. The quantitative estimate of drug-likeness (QED) is 0.816. The van der Waals surface area contributed by atoms with E-state index < -0.39 is 6.03 Å². The number of fused-ring (bicyclic) bond motifs is 3. The van der Waals surface area contributed by atoms with Gasteiger partial charge in [0.1, 0.15) is 17.6 Å². The number of urea groups is 1. The first kappa shape index (κ1) is 19.2. The highest BCUT2D eigenvalue weighted by Gasteiger charge is 2.14. The molecule has 2 N–H and O–H groups in total. The number of ether oxygens (including phenoxy) is 3. The molecule has 2 amide bonds. The summed E-state index contributed by atoms with van der Waals surface area (Å²) >= 11 is 0. The maximum Gasteiger partial charge on any atom is 0.325 e. The zero-order valence-electron chi connectivity index (χ0n) is 15.5. The molecule has 3 rings (SSSR count). The summed E-state index contributed by atoms with van der Waals surface area (Å²) in [5.74, 6) is 1.45. The fourth-order valence-corrected chi connectivity index (χ4v) is 2.60. The van der Waals surface area contributed by atoms with E-state index in [9.17, 15) is 4.79 Å². The first-order valence-electron chi connectivity index (χ1n) is 9.07. The van der Waals surface area contributed by atoms with Gasteiger partial charge in [-0.3, -0.25) is 5.32 Å². The highest BCUT2D eigenvalue weighted by atomic mass is 16.5. The molecule has 0 aliphatic carbocycles. The number of nitrogens with zero attached hydrogens (tertiary/aromatic N) is 3. The fourth-order valence-electron chi connectivity index (χ4n) is 2.60. The summed E-state index contributed by atoms with van der Waals surface area (Å²) in [6.07, 6.45) is 3.78. The Labute approximate surface area is 162 Å². The average Bonchev–Trinajstić information content (AvgIpc) is 2.69. The number of hydrogen-bond donors (Lipinski definition) is 2. The van der Waals surface area contributed by atoms with Crippen LogP contribution in [0.25, 0.3) is 0 Å². The molecule has 28 heavy (non-hydrogen) atoms. The Balaban J connectivity index is 1.86. The Morgan fingerprint density at radius 2 is 2.04 bits per heavy atom. The van der Waals surface area contributed by atoms with Crippen LogP contribution in [0.3, 0.4) is 0 Å². The third kappa shape index (κ3) is 5.01. The van der Waals surface area contributed by atoms with Gasteiger partial charge < -0.3 is 19.5 Å². The molecule has 1 aromatic heterocycles. The van der Waals surface area contributed by atoms with Crippen molar-refractivity contribution in [1.29, 1.82) is 5.26 Å². The van der Waals surface area contributed by atoms with Gasteiger partial charge in [-0.05, 0) is 38.3 Å². The van der Waals surface area contributed by atoms with E-state index >= 15 is 0 Å². The van der Waals surface area contributed by atoms with E-state index in [2.05, 4.69) is 20.6 Å². The van der Waals surface area contributed by atoms with Crippen molar-refractivity contribution in [2.24, 2.45) is 0 Å². The second-order valence-corrected chi connectivity index (χ2v) is 5.95. The van der Waals surface area contributed by atoms with E-state index in [1.54, 1.807) is 18.2 Å². The first-order chi connectivity index (χ1) is 13.7. The number of amides is 2. The lowest BCUT2D eigenvalue weighted by molar-refractivity contribution is 0.261. The number of aromatic nitrogens is 2. The van der Waals surface area contributed by atoms with Gasteiger partial charge in [0.2, 0.25) is 5.69 Å². The van der Waals surface area contributed by atoms with Gasteiger partial charge in [0.25, 0.3) is 5.88 Å². The number of hydrogen-bond acceptors (Lipinski definition) is 7. The van der Waals surface area contributed by atoms with Crippen LogP contribution in [0.1, 0.15) is 31.9 Å². The molecule has 9 heteroatoms. The smallest absolute Gasteiger partial charge is 0.325 e. The van der Waals surface area contributed by atoms with Crippen molar-refractivity contribution in [3.63, 3.8) is 0 Å². The monoisotopic (exact) mass is 383 g/mol. The lowest BCUT2D eigenvalue weighted by Crippen LogP contribution is -2.21. The number of nitriles is 1. The lowest BCUT2D eigenvalue weighted by atomic mass is 10.2. The Kier molecular flexibility index (Phi) is 6.46. The molecule has 1 aromatic carbocycles. The maximum absolute atomic E-state index is 12.4. The molecule has 1 aliphatic heterocycles. The molecule has 9 nitrogen and oxygen atoms in total. The number of anilines is 2. The van der Waals surface area contributed by atoms with Crippen LogP contribution in [0.15, 0.2) is 24.4 Å². The minimum atomic E-state index is -0.529. The predicted molar refractivity (Wildman–Crippen MR) is 102 cm³/mol. The number of nitrogens with one attached hydrogen (secondary N) is 2. The standard InChI is InChI=1S/C19H21N5O4/c1-2-26-13-6-7-16-14(10-13)22-19(25)24-17-12-21-15(11-20)18(23-17)28-9-5-3-4-8-27-16/h6-7,10,12H,2-5,8-9H2,1H3,(H2,22,23,24,25). The van der Waals surface area contributed by atoms with Crippen molar-refractivity contribution < 1.29 is 19.0 Å². The van der Waals surface area contributed by atoms with E-state index in [0.29, 0.717) is 37.0 Å². The summed E-state index contributed by atoms with van der Waals surface area (Å²) in [7, 11) is 0. The first-order valence-corrected chi connectivity index (χ1v) is 9.07. The van der Waals surface area contributed by atoms with Crippen molar-refractivity contribution in [2.45, 2.75) is 26.2 Å². The van der Waals surface area contributed by atoms with E-state index in [1.807, 2.05) is 13.0 Å². The molecule has 2 heterocycles.